The van der Waals surface area contributed by atoms with Gasteiger partial charge in [0.2, 0.25) is 15.9 Å². The minimum absolute atomic E-state index is 0.145. The molecule has 1 aromatic rings. The highest BCUT2D eigenvalue weighted by Crippen LogP contribution is 2.27. The highest BCUT2D eigenvalue weighted by atomic mass is 32.2. The summed E-state index contributed by atoms with van der Waals surface area (Å²) in [5.74, 6) is -1.41. The maximum atomic E-state index is 12.8. The van der Waals surface area contributed by atoms with E-state index in [2.05, 4.69) is 0 Å². The number of hydrogen-bond acceptors (Lipinski definition) is 4. The van der Waals surface area contributed by atoms with Crippen LogP contribution < -0.4 is 0 Å². The molecule has 7 nitrogen and oxygen atoms in total. The van der Waals surface area contributed by atoms with Crippen LogP contribution in [-0.2, 0) is 19.6 Å². The van der Waals surface area contributed by atoms with E-state index < -0.39 is 22.0 Å². The minimum atomic E-state index is -3.55. The van der Waals surface area contributed by atoms with Crippen molar-refractivity contribution in [2.75, 3.05) is 19.6 Å². The summed E-state index contributed by atoms with van der Waals surface area (Å²) in [5.41, 5.74) is 0. The Morgan fingerprint density at radius 2 is 1.62 bits per heavy atom. The molecule has 2 aliphatic rings. The van der Waals surface area contributed by atoms with E-state index in [1.807, 2.05) is 0 Å². The molecule has 1 unspecified atom stereocenters. The number of carbonyl (C=O) groups excluding carboxylic acids is 1. The lowest BCUT2D eigenvalue weighted by Gasteiger charge is -2.38. The van der Waals surface area contributed by atoms with Gasteiger partial charge >= 0.3 is 5.97 Å². The first-order valence-electron chi connectivity index (χ1n) is 9.00. The number of hydrogen-bond donors (Lipinski definition) is 1. The maximum Gasteiger partial charge on any atom is 0.326 e. The Kier molecular flexibility index (Phi) is 5.62. The van der Waals surface area contributed by atoms with Gasteiger partial charge in [0, 0.05) is 25.6 Å². The van der Waals surface area contributed by atoms with E-state index in [-0.39, 0.29) is 29.8 Å². The first kappa shape index (κ1) is 18.8. The van der Waals surface area contributed by atoms with E-state index in [1.54, 1.807) is 30.3 Å². The zero-order chi connectivity index (χ0) is 18.7. The molecule has 8 heteroatoms. The molecular formula is C18H24N2O5S. The highest BCUT2D eigenvalue weighted by molar-refractivity contribution is 7.89. The molecular weight excluding hydrogens is 356 g/mol. The van der Waals surface area contributed by atoms with Crippen LogP contribution in [-0.4, -0.2) is 60.3 Å². The van der Waals surface area contributed by atoms with Crippen LogP contribution in [0.25, 0.3) is 0 Å². The lowest BCUT2D eigenvalue weighted by atomic mass is 9.93. The second-order valence-corrected chi connectivity index (χ2v) is 8.81. The zero-order valence-corrected chi connectivity index (χ0v) is 15.4. The van der Waals surface area contributed by atoms with Crippen LogP contribution in [0, 0.1) is 5.92 Å². The van der Waals surface area contributed by atoms with Crippen LogP contribution in [0.1, 0.15) is 32.1 Å². The summed E-state index contributed by atoms with van der Waals surface area (Å²) in [5, 5.41) is 9.35. The van der Waals surface area contributed by atoms with E-state index >= 15 is 0 Å². The molecule has 1 aromatic carbocycles. The molecule has 2 saturated heterocycles. The topological polar surface area (TPSA) is 95.0 Å². The summed E-state index contributed by atoms with van der Waals surface area (Å²) in [6.07, 6.45) is 2.97. The van der Waals surface area contributed by atoms with Gasteiger partial charge in [0.05, 0.1) is 4.90 Å². The van der Waals surface area contributed by atoms with Gasteiger partial charge in [-0.1, -0.05) is 18.2 Å². The lowest BCUT2D eigenvalue weighted by Crippen LogP contribution is -2.52. The van der Waals surface area contributed by atoms with Crippen LogP contribution in [0.15, 0.2) is 35.2 Å². The zero-order valence-electron chi connectivity index (χ0n) is 14.6. The van der Waals surface area contributed by atoms with Gasteiger partial charge in [0.15, 0.2) is 0 Å². The van der Waals surface area contributed by atoms with Gasteiger partial charge in [-0.25, -0.2) is 13.2 Å². The lowest BCUT2D eigenvalue weighted by molar-refractivity contribution is -0.154. The van der Waals surface area contributed by atoms with Crippen molar-refractivity contribution >= 4 is 21.9 Å². The first-order valence-corrected chi connectivity index (χ1v) is 10.4. The Labute approximate surface area is 153 Å². The molecule has 26 heavy (non-hydrogen) atoms. The van der Waals surface area contributed by atoms with Gasteiger partial charge in [0.25, 0.3) is 0 Å². The molecule has 0 bridgehead atoms. The number of carboxylic acid groups (broad SMARTS) is 1. The third-order valence-corrected chi connectivity index (χ3v) is 7.17. The Bertz CT molecular complexity index is 757. The number of likely N-dealkylation sites (tertiary alicyclic amines) is 1. The predicted molar refractivity (Wildman–Crippen MR) is 94.9 cm³/mol. The minimum Gasteiger partial charge on any atom is -0.480 e. The van der Waals surface area contributed by atoms with E-state index in [4.69, 9.17) is 0 Å². The molecule has 142 valence electrons. The third kappa shape index (κ3) is 3.76. The molecule has 0 aliphatic carbocycles. The normalized spacial score (nSPS) is 22.9. The molecule has 0 saturated carbocycles. The number of amides is 1. The Morgan fingerprint density at radius 1 is 0.962 bits per heavy atom. The van der Waals surface area contributed by atoms with Gasteiger partial charge in [-0.05, 0) is 44.2 Å². The number of rotatable bonds is 4. The fourth-order valence-electron chi connectivity index (χ4n) is 3.77. The fourth-order valence-corrected chi connectivity index (χ4v) is 5.26. The smallest absolute Gasteiger partial charge is 0.326 e. The number of aliphatic carboxylic acids is 1. The van der Waals surface area contributed by atoms with Gasteiger partial charge in [0.1, 0.15) is 6.04 Å². The number of nitrogens with zero attached hydrogens (tertiary/aromatic N) is 2. The quantitative estimate of drug-likeness (QED) is 0.855. The number of carbonyl (C=O) groups is 2. The summed E-state index contributed by atoms with van der Waals surface area (Å²) in [4.78, 5) is 25.9. The van der Waals surface area contributed by atoms with Crippen LogP contribution in [0.2, 0.25) is 0 Å². The van der Waals surface area contributed by atoms with E-state index in [0.29, 0.717) is 25.8 Å². The average molecular weight is 380 g/mol. The van der Waals surface area contributed by atoms with E-state index in [1.165, 1.54) is 9.21 Å². The van der Waals surface area contributed by atoms with Crippen molar-refractivity contribution in [2.45, 2.75) is 43.0 Å². The van der Waals surface area contributed by atoms with Crippen molar-refractivity contribution < 1.29 is 23.1 Å². The molecule has 2 heterocycles. The number of sulfonamides is 1. The molecule has 2 aliphatic heterocycles. The second kappa shape index (κ2) is 7.75. The molecule has 1 amide bonds. The molecule has 2 fully saturated rings. The van der Waals surface area contributed by atoms with Crippen LogP contribution in [0.4, 0.5) is 0 Å². The van der Waals surface area contributed by atoms with Crippen LogP contribution in [0.3, 0.4) is 0 Å². The van der Waals surface area contributed by atoms with Crippen molar-refractivity contribution in [1.29, 1.82) is 0 Å². The van der Waals surface area contributed by atoms with Crippen LogP contribution in [0.5, 0.6) is 0 Å². The monoisotopic (exact) mass is 380 g/mol. The van der Waals surface area contributed by atoms with Crippen LogP contribution >= 0.6 is 0 Å². The van der Waals surface area contributed by atoms with E-state index in [0.717, 1.165) is 12.8 Å². The maximum absolute atomic E-state index is 12.8. The van der Waals surface area contributed by atoms with E-state index in [9.17, 15) is 23.1 Å². The fraction of sp³-hybridized carbons (Fsp3) is 0.556. The molecule has 0 spiro atoms. The Morgan fingerprint density at radius 3 is 2.23 bits per heavy atom. The van der Waals surface area contributed by atoms with Gasteiger partial charge in [-0.2, -0.15) is 4.31 Å². The average Bonchev–Trinajstić information content (AvgIpc) is 2.68. The van der Waals surface area contributed by atoms with Gasteiger partial charge < -0.3 is 10.0 Å². The number of carboxylic acids is 1. The molecule has 0 aromatic heterocycles. The van der Waals surface area contributed by atoms with Crippen molar-refractivity contribution in [3.63, 3.8) is 0 Å². The predicted octanol–water partition coefficient (Wildman–Crippen LogP) is 1.55. The molecule has 0 radical (unpaired) electrons. The van der Waals surface area contributed by atoms with Gasteiger partial charge in [-0.15, -0.1) is 0 Å². The summed E-state index contributed by atoms with van der Waals surface area (Å²) < 4.78 is 26.7. The Hall–Kier alpha value is -1.93. The number of benzene rings is 1. The van der Waals surface area contributed by atoms with Crippen molar-refractivity contribution in [2.24, 2.45) is 5.92 Å². The van der Waals surface area contributed by atoms with Crippen molar-refractivity contribution in [3.05, 3.63) is 30.3 Å². The number of piperidine rings is 2. The summed E-state index contributed by atoms with van der Waals surface area (Å²) in [6, 6.07) is 7.52. The first-order chi connectivity index (χ1) is 12.4. The van der Waals surface area contributed by atoms with Crippen molar-refractivity contribution in [3.8, 4) is 0 Å². The molecule has 1 N–H and O–H groups in total. The Balaban J connectivity index is 1.65. The summed E-state index contributed by atoms with van der Waals surface area (Å²) in [6.45, 7) is 1.02. The summed E-state index contributed by atoms with van der Waals surface area (Å²) in [7, 11) is -3.55. The SMILES string of the molecule is O=C(O)C1CCCCN1C(=O)C1CCN(S(=O)(=O)c2ccccc2)CC1. The van der Waals surface area contributed by atoms with Crippen molar-refractivity contribution in [1.82, 2.24) is 9.21 Å². The molecule has 3 rings (SSSR count). The van der Waals surface area contributed by atoms with Gasteiger partial charge in [-0.3, -0.25) is 4.79 Å². The highest BCUT2D eigenvalue weighted by Gasteiger charge is 2.38. The molecule has 1 atom stereocenters. The largest absolute Gasteiger partial charge is 0.480 e. The second-order valence-electron chi connectivity index (χ2n) is 6.87. The summed E-state index contributed by atoms with van der Waals surface area (Å²) >= 11 is 0. The third-order valence-electron chi connectivity index (χ3n) is 5.26. The standard InChI is InChI=1S/C18H24N2O5S/c21-17(20-11-5-4-8-16(20)18(22)23)14-9-12-19(13-10-14)26(24,25)15-6-2-1-3-7-15/h1-3,6-7,14,16H,4-5,8-13H2,(H,22,23).